The van der Waals surface area contributed by atoms with Crippen molar-refractivity contribution >= 4 is 11.6 Å². The van der Waals surface area contributed by atoms with Crippen molar-refractivity contribution in [1.29, 1.82) is 0 Å². The van der Waals surface area contributed by atoms with Crippen LogP contribution in [0.15, 0.2) is 18.3 Å². The third-order valence-corrected chi connectivity index (χ3v) is 2.37. The highest BCUT2D eigenvalue weighted by atomic mass is 19.2. The van der Waals surface area contributed by atoms with Gasteiger partial charge in [0.05, 0.1) is 17.6 Å². The van der Waals surface area contributed by atoms with Crippen molar-refractivity contribution in [1.82, 2.24) is 15.0 Å². The van der Waals surface area contributed by atoms with E-state index in [0.717, 1.165) is 0 Å². The SMILES string of the molecule is NCc1cn(CC(=O)Nc2cc(F)cc(F)c2F)nn1. The summed E-state index contributed by atoms with van der Waals surface area (Å²) in [5.41, 5.74) is 5.22. The molecule has 2 rings (SSSR count). The van der Waals surface area contributed by atoms with Gasteiger partial charge in [0.2, 0.25) is 5.91 Å². The number of hydrogen-bond donors (Lipinski definition) is 2. The fraction of sp³-hybridized carbons (Fsp3) is 0.182. The van der Waals surface area contributed by atoms with Crippen LogP contribution in [0.1, 0.15) is 5.69 Å². The molecule has 1 heterocycles. The highest BCUT2D eigenvalue weighted by Crippen LogP contribution is 2.19. The molecule has 1 amide bonds. The van der Waals surface area contributed by atoms with Gasteiger partial charge < -0.3 is 11.1 Å². The maximum atomic E-state index is 13.3. The van der Waals surface area contributed by atoms with E-state index in [1.54, 1.807) is 0 Å². The lowest BCUT2D eigenvalue weighted by molar-refractivity contribution is -0.116. The van der Waals surface area contributed by atoms with E-state index < -0.39 is 29.0 Å². The second-order valence-electron chi connectivity index (χ2n) is 3.91. The first-order valence-electron chi connectivity index (χ1n) is 5.53. The van der Waals surface area contributed by atoms with Crippen molar-refractivity contribution in [2.45, 2.75) is 13.1 Å². The predicted octanol–water partition coefficient (Wildman–Crippen LogP) is 0.793. The molecule has 1 aromatic heterocycles. The Bertz CT molecular complexity index is 643. The van der Waals surface area contributed by atoms with Crippen LogP contribution >= 0.6 is 0 Å². The number of hydrogen-bond acceptors (Lipinski definition) is 4. The molecule has 0 atom stereocenters. The van der Waals surface area contributed by atoms with E-state index in [9.17, 15) is 18.0 Å². The number of rotatable bonds is 4. The van der Waals surface area contributed by atoms with Crippen molar-refractivity contribution in [2.75, 3.05) is 5.32 Å². The number of nitrogens with two attached hydrogens (primary N) is 1. The molecule has 0 saturated carbocycles. The highest BCUT2D eigenvalue weighted by Gasteiger charge is 2.14. The second-order valence-corrected chi connectivity index (χ2v) is 3.91. The fourth-order valence-corrected chi connectivity index (χ4v) is 1.49. The minimum atomic E-state index is -1.38. The lowest BCUT2D eigenvalue weighted by Gasteiger charge is -2.07. The summed E-state index contributed by atoms with van der Waals surface area (Å²) >= 11 is 0. The van der Waals surface area contributed by atoms with Crippen LogP contribution in [0.3, 0.4) is 0 Å². The van der Waals surface area contributed by atoms with Crippen molar-refractivity contribution in [3.05, 3.63) is 41.5 Å². The molecule has 0 radical (unpaired) electrons. The number of nitrogens with zero attached hydrogens (tertiary/aromatic N) is 3. The molecule has 0 fully saturated rings. The van der Waals surface area contributed by atoms with E-state index in [1.807, 2.05) is 0 Å². The highest BCUT2D eigenvalue weighted by molar-refractivity contribution is 5.90. The minimum absolute atomic E-state index is 0.158. The molecule has 6 nitrogen and oxygen atoms in total. The number of nitrogens with one attached hydrogen (secondary N) is 1. The summed E-state index contributed by atoms with van der Waals surface area (Å²) in [5, 5.41) is 9.32. The Morgan fingerprint density at radius 2 is 2.10 bits per heavy atom. The molecule has 2 aromatic rings. The van der Waals surface area contributed by atoms with Gasteiger partial charge in [-0.3, -0.25) is 4.79 Å². The van der Waals surface area contributed by atoms with Gasteiger partial charge in [0, 0.05) is 18.7 Å². The van der Waals surface area contributed by atoms with Gasteiger partial charge in [0.25, 0.3) is 0 Å². The van der Waals surface area contributed by atoms with Crippen LogP contribution in [0.2, 0.25) is 0 Å². The molecule has 0 bridgehead atoms. The summed E-state index contributed by atoms with van der Waals surface area (Å²) in [6.45, 7) is -0.129. The Balaban J connectivity index is 2.08. The van der Waals surface area contributed by atoms with Gasteiger partial charge in [-0.2, -0.15) is 0 Å². The zero-order valence-electron chi connectivity index (χ0n) is 10.1. The Hall–Kier alpha value is -2.42. The summed E-state index contributed by atoms with van der Waals surface area (Å²) in [4.78, 5) is 11.6. The van der Waals surface area contributed by atoms with Crippen LogP contribution in [0.25, 0.3) is 0 Å². The Morgan fingerprint density at radius 1 is 1.35 bits per heavy atom. The summed E-state index contributed by atoms with van der Waals surface area (Å²) in [7, 11) is 0. The molecule has 0 aliphatic carbocycles. The van der Waals surface area contributed by atoms with Crippen molar-refractivity contribution in [3.63, 3.8) is 0 Å². The average Bonchev–Trinajstić information content (AvgIpc) is 2.82. The molecular weight excluding hydrogens is 275 g/mol. The number of carbonyl (C=O) groups is 1. The number of aromatic nitrogens is 3. The van der Waals surface area contributed by atoms with E-state index in [4.69, 9.17) is 5.73 Å². The zero-order chi connectivity index (χ0) is 14.7. The van der Waals surface area contributed by atoms with E-state index in [2.05, 4.69) is 15.6 Å². The van der Waals surface area contributed by atoms with Gasteiger partial charge in [-0.15, -0.1) is 5.10 Å². The fourth-order valence-electron chi connectivity index (χ4n) is 1.49. The van der Waals surface area contributed by atoms with Crippen LogP contribution in [0.5, 0.6) is 0 Å². The number of amides is 1. The van der Waals surface area contributed by atoms with Crippen LogP contribution in [0, 0.1) is 17.5 Å². The van der Waals surface area contributed by atoms with E-state index in [-0.39, 0.29) is 13.1 Å². The van der Waals surface area contributed by atoms with Gasteiger partial charge in [0.15, 0.2) is 11.6 Å². The van der Waals surface area contributed by atoms with Crippen LogP contribution < -0.4 is 11.1 Å². The molecule has 1 aromatic carbocycles. The van der Waals surface area contributed by atoms with Crippen molar-refractivity contribution in [3.8, 4) is 0 Å². The van der Waals surface area contributed by atoms with Crippen LogP contribution in [-0.4, -0.2) is 20.9 Å². The quantitative estimate of drug-likeness (QED) is 0.813. The smallest absolute Gasteiger partial charge is 0.246 e. The molecular formula is C11H10F3N5O. The van der Waals surface area contributed by atoms with Crippen molar-refractivity contribution in [2.24, 2.45) is 5.73 Å². The average molecular weight is 285 g/mol. The standard InChI is InChI=1S/C11H10F3N5O/c12-6-1-8(13)11(14)9(2-6)16-10(20)5-19-4-7(3-15)17-18-19/h1-2,4H,3,5,15H2,(H,16,20). The maximum absolute atomic E-state index is 13.3. The monoisotopic (exact) mass is 285 g/mol. The molecule has 0 aliphatic heterocycles. The molecule has 0 unspecified atom stereocenters. The van der Waals surface area contributed by atoms with Gasteiger partial charge in [-0.1, -0.05) is 5.21 Å². The summed E-state index contributed by atoms with van der Waals surface area (Å²) in [6, 6.07) is 1.07. The zero-order valence-corrected chi connectivity index (χ0v) is 10.1. The van der Waals surface area contributed by atoms with Gasteiger partial charge in [-0.25, -0.2) is 17.9 Å². The van der Waals surface area contributed by atoms with Gasteiger partial charge in [-0.05, 0) is 0 Å². The van der Waals surface area contributed by atoms with Crippen LogP contribution in [0.4, 0.5) is 18.9 Å². The number of benzene rings is 1. The number of halogens is 3. The first kappa shape index (κ1) is 14.0. The Kier molecular flexibility index (Phi) is 3.99. The molecule has 106 valence electrons. The van der Waals surface area contributed by atoms with Gasteiger partial charge >= 0.3 is 0 Å². The lowest BCUT2D eigenvalue weighted by atomic mass is 10.2. The number of anilines is 1. The molecule has 9 heteroatoms. The van der Waals surface area contributed by atoms with Gasteiger partial charge in [0.1, 0.15) is 12.4 Å². The second kappa shape index (κ2) is 5.70. The summed E-state index contributed by atoms with van der Waals surface area (Å²) in [6.07, 6.45) is 1.43. The molecule has 3 N–H and O–H groups in total. The third kappa shape index (κ3) is 3.12. The largest absolute Gasteiger partial charge is 0.325 e. The molecule has 0 spiro atoms. The Labute approximate surface area is 111 Å². The number of carbonyl (C=O) groups excluding carboxylic acids is 1. The summed E-state index contributed by atoms with van der Waals surface area (Å²) < 4.78 is 40.4. The van der Waals surface area contributed by atoms with E-state index in [1.165, 1.54) is 10.9 Å². The summed E-state index contributed by atoms with van der Waals surface area (Å²) in [5.74, 6) is -4.42. The lowest BCUT2D eigenvalue weighted by Crippen LogP contribution is -2.20. The maximum Gasteiger partial charge on any atom is 0.246 e. The normalized spacial score (nSPS) is 10.6. The topological polar surface area (TPSA) is 85.8 Å². The van der Waals surface area contributed by atoms with E-state index >= 15 is 0 Å². The minimum Gasteiger partial charge on any atom is -0.325 e. The Morgan fingerprint density at radius 3 is 2.75 bits per heavy atom. The molecule has 0 saturated heterocycles. The predicted molar refractivity (Wildman–Crippen MR) is 62.9 cm³/mol. The first-order valence-corrected chi connectivity index (χ1v) is 5.53. The first-order chi connectivity index (χ1) is 9.49. The van der Waals surface area contributed by atoms with E-state index in [0.29, 0.717) is 17.8 Å². The third-order valence-electron chi connectivity index (χ3n) is 2.37. The van der Waals surface area contributed by atoms with Crippen LogP contribution in [-0.2, 0) is 17.9 Å². The van der Waals surface area contributed by atoms with Crippen molar-refractivity contribution < 1.29 is 18.0 Å². The molecule has 0 aliphatic rings. The molecule has 20 heavy (non-hydrogen) atoms.